The Hall–Kier alpha value is -2.60. The monoisotopic (exact) mass is 344 g/mol. The second kappa shape index (κ2) is 9.03. The molecule has 0 spiro atoms. The van der Waals surface area contributed by atoms with Gasteiger partial charge < -0.3 is 20.1 Å². The molecule has 2 aromatic carbocycles. The number of hydrogen-bond donors (Lipinski definition) is 2. The van der Waals surface area contributed by atoms with Crippen LogP contribution in [0.5, 0.6) is 5.75 Å². The number of ether oxygens (including phenoxy) is 1. The fourth-order valence-electron chi connectivity index (χ4n) is 2.47. The fourth-order valence-corrected chi connectivity index (χ4v) is 2.47. The van der Waals surface area contributed by atoms with Crippen LogP contribution in [0.2, 0.25) is 0 Å². The van der Waals surface area contributed by atoms with E-state index in [4.69, 9.17) is 9.84 Å². The summed E-state index contributed by atoms with van der Waals surface area (Å²) in [6.45, 7) is 1.64. The minimum Gasteiger partial charge on any atom is -0.492 e. The first-order chi connectivity index (χ1) is 12.0. The lowest BCUT2D eigenvalue weighted by Gasteiger charge is -2.16. The van der Waals surface area contributed by atoms with E-state index in [0.717, 1.165) is 28.6 Å². The van der Waals surface area contributed by atoms with Gasteiger partial charge in [0.25, 0.3) is 0 Å². The Bertz CT molecular complexity index is 743. The molecule has 2 aromatic rings. The number of nitrogens with zero attached hydrogens (tertiary/aromatic N) is 1. The molecule has 2 rings (SSSR count). The summed E-state index contributed by atoms with van der Waals surface area (Å²) in [5.74, 6) is -0.526. The van der Waals surface area contributed by atoms with E-state index in [-0.39, 0.29) is 18.7 Å². The molecule has 6 heteroatoms. The summed E-state index contributed by atoms with van der Waals surface area (Å²) in [7, 11) is 3.96. The standard InChI is InChI=1S/C19H24N2O4/c1-21(2)11-12-25-17-8-7-14-5-3-4-6-15(14)16(17)13-20-18(22)9-10-19(23)24/h3-8H,9-13H2,1-2H3,(H,20,22)(H,23,24). The molecule has 134 valence electrons. The first kappa shape index (κ1) is 18.7. The third-order valence-corrected chi connectivity index (χ3v) is 3.82. The summed E-state index contributed by atoms with van der Waals surface area (Å²) in [4.78, 5) is 24.5. The van der Waals surface area contributed by atoms with E-state index in [1.807, 2.05) is 55.4 Å². The van der Waals surface area contributed by atoms with Crippen molar-refractivity contribution in [3.05, 3.63) is 42.0 Å². The summed E-state index contributed by atoms with van der Waals surface area (Å²) in [6.07, 6.45) is -0.204. The predicted molar refractivity (Wildman–Crippen MR) is 96.7 cm³/mol. The van der Waals surface area contributed by atoms with Gasteiger partial charge >= 0.3 is 5.97 Å². The van der Waals surface area contributed by atoms with Crippen LogP contribution < -0.4 is 10.1 Å². The first-order valence-corrected chi connectivity index (χ1v) is 8.24. The molecule has 0 aliphatic carbocycles. The summed E-state index contributed by atoms with van der Waals surface area (Å²) >= 11 is 0. The molecule has 0 heterocycles. The molecular weight excluding hydrogens is 320 g/mol. The molecule has 0 aliphatic rings. The number of carbonyl (C=O) groups excluding carboxylic acids is 1. The highest BCUT2D eigenvalue weighted by Crippen LogP contribution is 2.28. The summed E-state index contributed by atoms with van der Waals surface area (Å²) < 4.78 is 5.90. The third kappa shape index (κ3) is 5.76. The van der Waals surface area contributed by atoms with Gasteiger partial charge in [0, 0.05) is 25.1 Å². The maximum absolute atomic E-state index is 11.8. The molecule has 0 fully saturated rings. The van der Waals surface area contributed by atoms with Crippen LogP contribution in [-0.4, -0.2) is 49.1 Å². The Morgan fingerprint density at radius 1 is 1.12 bits per heavy atom. The maximum atomic E-state index is 11.8. The summed E-state index contributed by atoms with van der Waals surface area (Å²) in [6, 6.07) is 11.8. The second-order valence-electron chi connectivity index (χ2n) is 6.09. The highest BCUT2D eigenvalue weighted by Gasteiger charge is 2.11. The fraction of sp³-hybridized carbons (Fsp3) is 0.368. The van der Waals surface area contributed by atoms with Gasteiger partial charge in [-0.25, -0.2) is 0 Å². The SMILES string of the molecule is CN(C)CCOc1ccc2ccccc2c1CNC(=O)CCC(=O)O. The molecule has 25 heavy (non-hydrogen) atoms. The number of amides is 1. The highest BCUT2D eigenvalue weighted by atomic mass is 16.5. The van der Waals surface area contributed by atoms with Gasteiger partial charge in [-0.15, -0.1) is 0 Å². The lowest BCUT2D eigenvalue weighted by Crippen LogP contribution is -2.24. The summed E-state index contributed by atoms with van der Waals surface area (Å²) in [5, 5.41) is 13.5. The van der Waals surface area contributed by atoms with Crippen molar-refractivity contribution in [2.24, 2.45) is 0 Å². The van der Waals surface area contributed by atoms with E-state index < -0.39 is 5.97 Å². The van der Waals surface area contributed by atoms with E-state index >= 15 is 0 Å². The number of carboxylic acids is 1. The average molecular weight is 344 g/mol. The minimum absolute atomic E-state index is 0.0308. The van der Waals surface area contributed by atoms with E-state index in [1.54, 1.807) is 0 Å². The number of likely N-dealkylation sites (N-methyl/N-ethyl adjacent to an activating group) is 1. The van der Waals surface area contributed by atoms with E-state index in [2.05, 4.69) is 5.32 Å². The van der Waals surface area contributed by atoms with Crippen molar-refractivity contribution in [3.63, 3.8) is 0 Å². The van der Waals surface area contributed by atoms with Gasteiger partial charge in [0.15, 0.2) is 0 Å². The molecule has 0 atom stereocenters. The largest absolute Gasteiger partial charge is 0.492 e. The molecule has 0 unspecified atom stereocenters. The number of aliphatic carboxylic acids is 1. The molecule has 0 saturated heterocycles. The maximum Gasteiger partial charge on any atom is 0.303 e. The zero-order valence-corrected chi connectivity index (χ0v) is 14.6. The van der Waals surface area contributed by atoms with Crippen molar-refractivity contribution < 1.29 is 19.4 Å². The number of benzene rings is 2. The molecule has 0 aromatic heterocycles. The van der Waals surface area contributed by atoms with Gasteiger partial charge in [-0.2, -0.15) is 0 Å². The Morgan fingerprint density at radius 3 is 2.60 bits per heavy atom. The normalized spacial score (nSPS) is 10.8. The molecule has 0 aliphatic heterocycles. The van der Waals surface area contributed by atoms with Crippen molar-refractivity contribution in [2.75, 3.05) is 27.2 Å². The zero-order chi connectivity index (χ0) is 18.2. The molecular formula is C19H24N2O4. The van der Waals surface area contributed by atoms with Crippen molar-refractivity contribution in [3.8, 4) is 5.75 Å². The number of nitrogens with one attached hydrogen (secondary N) is 1. The highest BCUT2D eigenvalue weighted by molar-refractivity contribution is 5.88. The average Bonchev–Trinajstić information content (AvgIpc) is 2.58. The van der Waals surface area contributed by atoms with Gasteiger partial charge in [-0.05, 0) is 30.9 Å². The topological polar surface area (TPSA) is 78.9 Å². The van der Waals surface area contributed by atoms with Crippen molar-refractivity contribution in [1.29, 1.82) is 0 Å². The first-order valence-electron chi connectivity index (χ1n) is 8.24. The van der Waals surface area contributed by atoms with Gasteiger partial charge in [-0.3, -0.25) is 9.59 Å². The lowest BCUT2D eigenvalue weighted by atomic mass is 10.0. The Morgan fingerprint density at radius 2 is 1.88 bits per heavy atom. The van der Waals surface area contributed by atoms with Gasteiger partial charge in [0.2, 0.25) is 5.91 Å². The van der Waals surface area contributed by atoms with Crippen LogP contribution in [0, 0.1) is 0 Å². The Labute approximate surface area is 147 Å². The second-order valence-corrected chi connectivity index (χ2v) is 6.09. The van der Waals surface area contributed by atoms with Crippen LogP contribution in [-0.2, 0) is 16.1 Å². The molecule has 0 saturated carbocycles. The number of fused-ring (bicyclic) bond motifs is 1. The number of rotatable bonds is 9. The van der Waals surface area contributed by atoms with Crippen LogP contribution in [0.1, 0.15) is 18.4 Å². The van der Waals surface area contributed by atoms with Crippen LogP contribution in [0.4, 0.5) is 0 Å². The number of carbonyl (C=O) groups is 2. The quantitative estimate of drug-likeness (QED) is 0.729. The Kier molecular flexibility index (Phi) is 6.77. The van der Waals surface area contributed by atoms with Crippen molar-refractivity contribution >= 4 is 22.6 Å². The zero-order valence-electron chi connectivity index (χ0n) is 14.6. The van der Waals surface area contributed by atoms with Crippen LogP contribution in [0.25, 0.3) is 10.8 Å². The molecule has 0 radical (unpaired) electrons. The number of carboxylic acid groups (broad SMARTS) is 1. The lowest BCUT2D eigenvalue weighted by molar-refractivity contribution is -0.138. The van der Waals surface area contributed by atoms with E-state index in [1.165, 1.54) is 0 Å². The van der Waals surface area contributed by atoms with E-state index in [9.17, 15) is 9.59 Å². The van der Waals surface area contributed by atoms with Crippen molar-refractivity contribution in [1.82, 2.24) is 10.2 Å². The third-order valence-electron chi connectivity index (χ3n) is 3.82. The molecule has 0 bridgehead atoms. The van der Waals surface area contributed by atoms with Gasteiger partial charge in [0.05, 0.1) is 6.42 Å². The summed E-state index contributed by atoms with van der Waals surface area (Å²) in [5.41, 5.74) is 0.903. The smallest absolute Gasteiger partial charge is 0.303 e. The van der Waals surface area contributed by atoms with Gasteiger partial charge in [-0.1, -0.05) is 30.3 Å². The van der Waals surface area contributed by atoms with Crippen LogP contribution in [0.15, 0.2) is 36.4 Å². The Balaban J connectivity index is 2.15. The van der Waals surface area contributed by atoms with Crippen molar-refractivity contribution in [2.45, 2.75) is 19.4 Å². The van der Waals surface area contributed by atoms with E-state index in [0.29, 0.717) is 13.2 Å². The van der Waals surface area contributed by atoms with Crippen LogP contribution in [0.3, 0.4) is 0 Å². The molecule has 2 N–H and O–H groups in total. The minimum atomic E-state index is -0.979. The predicted octanol–water partition coefficient (Wildman–Crippen LogP) is 2.26. The molecule has 1 amide bonds. The van der Waals surface area contributed by atoms with Crippen LogP contribution >= 0.6 is 0 Å². The number of hydrogen-bond acceptors (Lipinski definition) is 4. The molecule has 6 nitrogen and oxygen atoms in total. The van der Waals surface area contributed by atoms with Gasteiger partial charge in [0.1, 0.15) is 12.4 Å².